The van der Waals surface area contributed by atoms with Crippen molar-refractivity contribution in [3.05, 3.63) is 35.9 Å². The van der Waals surface area contributed by atoms with Crippen LogP contribution in [0.15, 0.2) is 30.3 Å². The summed E-state index contributed by atoms with van der Waals surface area (Å²) in [5.41, 5.74) is 6.80. The normalized spacial score (nSPS) is 13.2. The Morgan fingerprint density at radius 3 is 2.41 bits per heavy atom. The van der Waals surface area contributed by atoms with Gasteiger partial charge >= 0.3 is 5.97 Å². The Morgan fingerprint density at radius 2 is 1.88 bits per heavy atom. The highest BCUT2D eigenvalue weighted by atomic mass is 16.5. The van der Waals surface area contributed by atoms with Gasteiger partial charge in [-0.25, -0.2) is 0 Å². The van der Waals surface area contributed by atoms with Gasteiger partial charge in [0, 0.05) is 0 Å². The second kappa shape index (κ2) is 5.82. The molecule has 0 aromatic heterocycles. The van der Waals surface area contributed by atoms with E-state index in [0.717, 1.165) is 5.56 Å². The first-order valence-electron chi connectivity index (χ1n) is 5.84. The second-order valence-corrected chi connectivity index (χ2v) is 5.46. The molecule has 0 unspecified atom stereocenters. The van der Waals surface area contributed by atoms with E-state index in [1.54, 1.807) is 0 Å². The quantitative estimate of drug-likeness (QED) is 0.816. The number of carbonyl (C=O) groups is 1. The molecule has 1 aromatic rings. The Bertz CT molecular complexity index is 354. The van der Waals surface area contributed by atoms with Crippen molar-refractivity contribution in [2.45, 2.75) is 39.8 Å². The summed E-state index contributed by atoms with van der Waals surface area (Å²) in [6.45, 7) is 6.45. The average molecular weight is 235 g/mol. The molecule has 2 N–H and O–H groups in total. The molecular weight excluding hydrogens is 214 g/mol. The van der Waals surface area contributed by atoms with Crippen molar-refractivity contribution in [1.82, 2.24) is 0 Å². The van der Waals surface area contributed by atoms with Crippen LogP contribution in [-0.4, -0.2) is 12.0 Å². The van der Waals surface area contributed by atoms with E-state index >= 15 is 0 Å². The van der Waals surface area contributed by atoms with Gasteiger partial charge in [-0.1, -0.05) is 51.1 Å². The van der Waals surface area contributed by atoms with E-state index in [4.69, 9.17) is 10.5 Å². The summed E-state index contributed by atoms with van der Waals surface area (Å²) in [6.07, 6.45) is 0.626. The van der Waals surface area contributed by atoms with Gasteiger partial charge in [-0.15, -0.1) is 0 Å². The van der Waals surface area contributed by atoms with E-state index in [2.05, 4.69) is 20.8 Å². The van der Waals surface area contributed by atoms with Crippen molar-refractivity contribution in [3.63, 3.8) is 0 Å². The average Bonchev–Trinajstić information content (AvgIpc) is 2.25. The molecule has 1 rings (SSSR count). The van der Waals surface area contributed by atoms with Gasteiger partial charge in [-0.2, -0.15) is 0 Å². The fourth-order valence-electron chi connectivity index (χ4n) is 1.58. The zero-order valence-electron chi connectivity index (χ0n) is 10.8. The molecular formula is C14H21NO2. The first kappa shape index (κ1) is 13.7. The summed E-state index contributed by atoms with van der Waals surface area (Å²) in [5, 5.41) is 0. The summed E-state index contributed by atoms with van der Waals surface area (Å²) in [7, 11) is 0. The molecule has 0 bridgehead atoms. The van der Waals surface area contributed by atoms with E-state index in [1.807, 2.05) is 30.3 Å². The number of carbonyl (C=O) groups excluding carboxylic acids is 1. The Hall–Kier alpha value is -1.35. The maximum absolute atomic E-state index is 11.6. The number of benzene rings is 1. The van der Waals surface area contributed by atoms with Crippen LogP contribution in [0.25, 0.3) is 0 Å². The van der Waals surface area contributed by atoms with E-state index in [9.17, 15) is 4.79 Å². The van der Waals surface area contributed by atoms with Crippen molar-refractivity contribution in [2.75, 3.05) is 0 Å². The van der Waals surface area contributed by atoms with Crippen LogP contribution in [0.4, 0.5) is 0 Å². The minimum absolute atomic E-state index is 0.0329. The Morgan fingerprint density at radius 1 is 1.29 bits per heavy atom. The van der Waals surface area contributed by atoms with Crippen LogP contribution in [0.3, 0.4) is 0 Å². The highest BCUT2D eigenvalue weighted by Gasteiger charge is 2.22. The third-order valence-electron chi connectivity index (χ3n) is 2.36. The molecule has 3 nitrogen and oxygen atoms in total. The number of rotatable bonds is 4. The lowest BCUT2D eigenvalue weighted by molar-refractivity contribution is -0.147. The lowest BCUT2D eigenvalue weighted by Crippen LogP contribution is -2.35. The predicted molar refractivity (Wildman–Crippen MR) is 68.3 cm³/mol. The SMILES string of the molecule is CC(C)(C)C[C@@H](N)C(=O)OCc1ccccc1. The third kappa shape index (κ3) is 5.50. The van der Waals surface area contributed by atoms with Crippen LogP contribution in [0.2, 0.25) is 0 Å². The second-order valence-electron chi connectivity index (χ2n) is 5.46. The van der Waals surface area contributed by atoms with Crippen LogP contribution in [0.1, 0.15) is 32.8 Å². The first-order valence-corrected chi connectivity index (χ1v) is 5.84. The van der Waals surface area contributed by atoms with Gasteiger partial charge in [0.05, 0.1) is 0 Å². The zero-order valence-corrected chi connectivity index (χ0v) is 10.8. The molecule has 0 amide bonds. The maximum Gasteiger partial charge on any atom is 0.323 e. The van der Waals surface area contributed by atoms with Gasteiger partial charge in [0.1, 0.15) is 12.6 Å². The molecule has 3 heteroatoms. The molecule has 0 fully saturated rings. The molecule has 0 spiro atoms. The minimum atomic E-state index is -0.543. The lowest BCUT2D eigenvalue weighted by Gasteiger charge is -2.21. The highest BCUT2D eigenvalue weighted by Crippen LogP contribution is 2.20. The van der Waals surface area contributed by atoms with Gasteiger partial charge in [0.15, 0.2) is 0 Å². The highest BCUT2D eigenvalue weighted by molar-refractivity contribution is 5.75. The van der Waals surface area contributed by atoms with E-state index in [0.29, 0.717) is 6.42 Å². The van der Waals surface area contributed by atoms with Crippen LogP contribution in [0.5, 0.6) is 0 Å². The monoisotopic (exact) mass is 235 g/mol. The number of esters is 1. The van der Waals surface area contributed by atoms with Gasteiger partial charge < -0.3 is 10.5 Å². The first-order chi connectivity index (χ1) is 7.88. The minimum Gasteiger partial charge on any atom is -0.460 e. The molecule has 0 aliphatic carbocycles. The standard InChI is InChI=1S/C14H21NO2/c1-14(2,3)9-12(15)13(16)17-10-11-7-5-4-6-8-11/h4-8,12H,9-10,15H2,1-3H3/t12-/m1/s1. The molecule has 1 aromatic carbocycles. The van der Waals surface area contributed by atoms with Crippen molar-refractivity contribution in [2.24, 2.45) is 11.1 Å². The number of hydrogen-bond donors (Lipinski definition) is 1. The van der Waals surface area contributed by atoms with Crippen LogP contribution < -0.4 is 5.73 Å². The zero-order chi connectivity index (χ0) is 12.9. The van der Waals surface area contributed by atoms with Gasteiger partial charge in [0.25, 0.3) is 0 Å². The Labute approximate surface area is 103 Å². The molecule has 0 saturated carbocycles. The molecule has 0 saturated heterocycles. The van der Waals surface area contributed by atoms with E-state index < -0.39 is 6.04 Å². The van der Waals surface area contributed by atoms with E-state index in [1.165, 1.54) is 0 Å². The van der Waals surface area contributed by atoms with Gasteiger partial charge in [-0.05, 0) is 17.4 Å². The fraction of sp³-hybridized carbons (Fsp3) is 0.500. The Balaban J connectivity index is 2.40. The summed E-state index contributed by atoms with van der Waals surface area (Å²) in [5.74, 6) is -0.330. The number of nitrogens with two attached hydrogens (primary N) is 1. The van der Waals surface area contributed by atoms with Gasteiger partial charge in [0.2, 0.25) is 0 Å². The van der Waals surface area contributed by atoms with Gasteiger partial charge in [-0.3, -0.25) is 4.79 Å². The summed E-state index contributed by atoms with van der Waals surface area (Å²) >= 11 is 0. The summed E-state index contributed by atoms with van der Waals surface area (Å²) in [6, 6.07) is 9.05. The molecule has 1 atom stereocenters. The van der Waals surface area contributed by atoms with Crippen molar-refractivity contribution in [1.29, 1.82) is 0 Å². The van der Waals surface area contributed by atoms with Crippen molar-refractivity contribution in [3.8, 4) is 0 Å². The lowest BCUT2D eigenvalue weighted by atomic mass is 9.88. The smallest absolute Gasteiger partial charge is 0.323 e. The molecule has 0 aliphatic rings. The number of hydrogen-bond acceptors (Lipinski definition) is 3. The summed E-state index contributed by atoms with van der Waals surface area (Å²) < 4.78 is 5.17. The van der Waals surface area contributed by atoms with Crippen LogP contribution in [-0.2, 0) is 16.1 Å². The maximum atomic E-state index is 11.6. The molecule has 94 valence electrons. The third-order valence-corrected chi connectivity index (χ3v) is 2.36. The topological polar surface area (TPSA) is 52.3 Å². The van der Waals surface area contributed by atoms with Crippen LogP contribution >= 0.6 is 0 Å². The number of ether oxygens (including phenoxy) is 1. The summed E-state index contributed by atoms with van der Waals surface area (Å²) in [4.78, 5) is 11.6. The Kier molecular flexibility index (Phi) is 4.70. The molecule has 0 aliphatic heterocycles. The molecule has 0 heterocycles. The van der Waals surface area contributed by atoms with Crippen LogP contribution in [0, 0.1) is 5.41 Å². The largest absolute Gasteiger partial charge is 0.460 e. The molecule has 0 radical (unpaired) electrons. The predicted octanol–water partition coefficient (Wildman–Crippen LogP) is 2.49. The van der Waals surface area contributed by atoms with Crippen molar-refractivity contribution < 1.29 is 9.53 Å². The molecule has 17 heavy (non-hydrogen) atoms. The fourth-order valence-corrected chi connectivity index (χ4v) is 1.58. The van der Waals surface area contributed by atoms with E-state index in [-0.39, 0.29) is 18.0 Å². The van der Waals surface area contributed by atoms with Crippen molar-refractivity contribution >= 4 is 5.97 Å².